The first-order valence-electron chi connectivity index (χ1n) is 5.64. The maximum Gasteiger partial charge on any atom is 0.252 e. The summed E-state index contributed by atoms with van der Waals surface area (Å²) < 4.78 is 13.4. The van der Waals surface area contributed by atoms with Crippen molar-refractivity contribution in [2.45, 2.75) is 6.54 Å². The number of carbonyl (C=O) groups excluding carboxylic acids is 1. The van der Waals surface area contributed by atoms with E-state index < -0.39 is 0 Å². The van der Waals surface area contributed by atoms with E-state index in [2.05, 4.69) is 21.2 Å². The third-order valence-electron chi connectivity index (χ3n) is 2.61. The van der Waals surface area contributed by atoms with Crippen LogP contribution in [0, 0.1) is 5.82 Å². The van der Waals surface area contributed by atoms with Crippen LogP contribution in [0.2, 0.25) is 0 Å². The summed E-state index contributed by atoms with van der Waals surface area (Å²) in [6.07, 6.45) is 0. The number of halogens is 2. The second kappa shape index (κ2) is 5.84. The van der Waals surface area contributed by atoms with Gasteiger partial charge >= 0.3 is 0 Å². The van der Waals surface area contributed by atoms with Crippen LogP contribution in [0.3, 0.4) is 0 Å². The van der Waals surface area contributed by atoms with Crippen LogP contribution in [0.25, 0.3) is 0 Å². The van der Waals surface area contributed by atoms with Gasteiger partial charge in [-0.15, -0.1) is 0 Å². The van der Waals surface area contributed by atoms with Crippen LogP contribution in [0.5, 0.6) is 0 Å². The molecule has 0 heterocycles. The second-order valence-electron chi connectivity index (χ2n) is 4.05. The van der Waals surface area contributed by atoms with Crippen molar-refractivity contribution in [3.05, 3.63) is 63.9 Å². The van der Waals surface area contributed by atoms with Crippen molar-refractivity contribution in [3.8, 4) is 0 Å². The number of rotatable bonds is 3. The maximum atomic E-state index is 12.9. The lowest BCUT2D eigenvalue weighted by atomic mass is 10.2. The Balaban J connectivity index is 2.03. The zero-order chi connectivity index (χ0) is 13.8. The summed E-state index contributed by atoms with van der Waals surface area (Å²) in [6, 6.07) is 11.2. The summed E-state index contributed by atoms with van der Waals surface area (Å²) >= 11 is 3.17. The van der Waals surface area contributed by atoms with Crippen LogP contribution in [0.15, 0.2) is 46.9 Å². The van der Waals surface area contributed by atoms with Crippen LogP contribution < -0.4 is 11.1 Å². The fourth-order valence-corrected chi connectivity index (χ4v) is 2.12. The fourth-order valence-electron chi connectivity index (χ4n) is 1.59. The minimum absolute atomic E-state index is 0.260. The first kappa shape index (κ1) is 13.5. The summed E-state index contributed by atoms with van der Waals surface area (Å²) in [5.74, 6) is -0.648. The zero-order valence-corrected chi connectivity index (χ0v) is 11.6. The SMILES string of the molecule is Nc1ccc(CNC(=O)c2ccc(F)cc2Br)cc1. The Kier molecular flexibility index (Phi) is 4.16. The lowest BCUT2D eigenvalue weighted by Gasteiger charge is -2.07. The van der Waals surface area contributed by atoms with Gasteiger partial charge in [-0.25, -0.2) is 4.39 Å². The van der Waals surface area contributed by atoms with Crippen LogP contribution >= 0.6 is 15.9 Å². The van der Waals surface area contributed by atoms with Gasteiger partial charge in [0.2, 0.25) is 0 Å². The molecule has 2 aromatic carbocycles. The van der Waals surface area contributed by atoms with Gasteiger partial charge in [0.15, 0.2) is 0 Å². The molecule has 2 aromatic rings. The van der Waals surface area contributed by atoms with Gasteiger partial charge in [-0.3, -0.25) is 4.79 Å². The van der Waals surface area contributed by atoms with Gasteiger partial charge in [-0.05, 0) is 51.8 Å². The van der Waals surface area contributed by atoms with Crippen molar-refractivity contribution in [3.63, 3.8) is 0 Å². The van der Waals surface area contributed by atoms with Crippen molar-refractivity contribution < 1.29 is 9.18 Å². The lowest BCUT2D eigenvalue weighted by Crippen LogP contribution is -2.23. The highest BCUT2D eigenvalue weighted by atomic mass is 79.9. The quantitative estimate of drug-likeness (QED) is 0.853. The predicted octanol–water partition coefficient (Wildman–Crippen LogP) is 3.10. The number of carbonyl (C=O) groups is 1. The average Bonchev–Trinajstić information content (AvgIpc) is 2.37. The minimum Gasteiger partial charge on any atom is -0.399 e. The molecule has 3 N–H and O–H groups in total. The Bertz CT molecular complexity index is 599. The van der Waals surface area contributed by atoms with Gasteiger partial charge in [0.25, 0.3) is 5.91 Å². The number of hydrogen-bond donors (Lipinski definition) is 2. The Morgan fingerprint density at radius 3 is 2.53 bits per heavy atom. The number of nitrogens with one attached hydrogen (secondary N) is 1. The van der Waals surface area contributed by atoms with Gasteiger partial charge in [-0.1, -0.05) is 12.1 Å². The molecular weight excluding hydrogens is 311 g/mol. The average molecular weight is 323 g/mol. The monoisotopic (exact) mass is 322 g/mol. The number of nitrogen functional groups attached to an aromatic ring is 1. The van der Waals surface area contributed by atoms with E-state index in [1.54, 1.807) is 12.1 Å². The molecule has 0 spiro atoms. The Morgan fingerprint density at radius 2 is 1.89 bits per heavy atom. The number of benzene rings is 2. The molecule has 0 aliphatic carbocycles. The first-order chi connectivity index (χ1) is 9.06. The molecule has 0 aliphatic rings. The Labute approximate surface area is 118 Å². The van der Waals surface area contributed by atoms with Crippen molar-refractivity contribution >= 4 is 27.5 Å². The summed E-state index contributed by atoms with van der Waals surface area (Å²) in [5.41, 5.74) is 7.60. The molecule has 2 rings (SSSR count). The molecule has 0 radical (unpaired) electrons. The third kappa shape index (κ3) is 3.54. The summed E-state index contributed by atoms with van der Waals surface area (Å²) in [4.78, 5) is 11.9. The van der Waals surface area contributed by atoms with E-state index in [-0.39, 0.29) is 11.7 Å². The van der Waals surface area contributed by atoms with Crippen LogP contribution in [-0.4, -0.2) is 5.91 Å². The molecule has 0 saturated heterocycles. The molecule has 0 saturated carbocycles. The highest BCUT2D eigenvalue weighted by Gasteiger charge is 2.10. The molecule has 98 valence electrons. The van der Waals surface area contributed by atoms with E-state index in [1.165, 1.54) is 18.2 Å². The van der Waals surface area contributed by atoms with Crippen LogP contribution in [0.1, 0.15) is 15.9 Å². The van der Waals surface area contributed by atoms with Gasteiger partial charge in [0, 0.05) is 16.7 Å². The van der Waals surface area contributed by atoms with Gasteiger partial charge in [0.05, 0.1) is 5.56 Å². The van der Waals surface area contributed by atoms with Gasteiger partial charge < -0.3 is 11.1 Å². The summed E-state index contributed by atoms with van der Waals surface area (Å²) in [5, 5.41) is 2.76. The Hall–Kier alpha value is -1.88. The molecule has 3 nitrogen and oxygen atoms in total. The topological polar surface area (TPSA) is 55.1 Å². The molecule has 0 aliphatic heterocycles. The molecule has 0 fully saturated rings. The smallest absolute Gasteiger partial charge is 0.252 e. The highest BCUT2D eigenvalue weighted by molar-refractivity contribution is 9.10. The van der Waals surface area contributed by atoms with Crippen molar-refractivity contribution in [1.82, 2.24) is 5.32 Å². The van der Waals surface area contributed by atoms with Crippen LogP contribution in [-0.2, 0) is 6.54 Å². The van der Waals surface area contributed by atoms with E-state index >= 15 is 0 Å². The molecule has 0 atom stereocenters. The molecule has 0 bridgehead atoms. The fraction of sp³-hybridized carbons (Fsp3) is 0.0714. The lowest BCUT2D eigenvalue weighted by molar-refractivity contribution is 0.0950. The Morgan fingerprint density at radius 1 is 1.21 bits per heavy atom. The predicted molar refractivity (Wildman–Crippen MR) is 76.1 cm³/mol. The van der Waals surface area contributed by atoms with Crippen molar-refractivity contribution in [1.29, 1.82) is 0 Å². The largest absolute Gasteiger partial charge is 0.399 e. The minimum atomic E-state index is -0.387. The molecule has 0 unspecified atom stereocenters. The van der Waals surface area contributed by atoms with Crippen LogP contribution in [0.4, 0.5) is 10.1 Å². The standard InChI is InChI=1S/C14H12BrFN2O/c15-13-7-10(16)3-6-12(13)14(19)18-8-9-1-4-11(17)5-2-9/h1-7H,8,17H2,(H,18,19). The molecule has 19 heavy (non-hydrogen) atoms. The summed E-state index contributed by atoms with van der Waals surface area (Å²) in [7, 11) is 0. The molecule has 0 aromatic heterocycles. The van der Waals surface area contributed by atoms with Crippen molar-refractivity contribution in [2.24, 2.45) is 0 Å². The van der Waals surface area contributed by atoms with E-state index in [4.69, 9.17) is 5.73 Å². The van der Waals surface area contributed by atoms with E-state index in [9.17, 15) is 9.18 Å². The highest BCUT2D eigenvalue weighted by Crippen LogP contribution is 2.18. The third-order valence-corrected chi connectivity index (χ3v) is 3.26. The molecule has 5 heteroatoms. The number of amides is 1. The number of nitrogens with two attached hydrogens (primary N) is 1. The number of hydrogen-bond acceptors (Lipinski definition) is 2. The van der Waals surface area contributed by atoms with Gasteiger partial charge in [-0.2, -0.15) is 0 Å². The number of anilines is 1. The first-order valence-corrected chi connectivity index (χ1v) is 6.43. The van der Waals surface area contributed by atoms with E-state index in [0.717, 1.165) is 5.56 Å². The van der Waals surface area contributed by atoms with E-state index in [1.807, 2.05) is 12.1 Å². The summed E-state index contributed by atoms with van der Waals surface area (Å²) in [6.45, 7) is 0.392. The van der Waals surface area contributed by atoms with Crippen molar-refractivity contribution in [2.75, 3.05) is 5.73 Å². The zero-order valence-electron chi connectivity index (χ0n) is 9.99. The molecule has 1 amide bonds. The van der Waals surface area contributed by atoms with E-state index in [0.29, 0.717) is 22.3 Å². The normalized spacial score (nSPS) is 10.2. The molecular formula is C14H12BrFN2O. The van der Waals surface area contributed by atoms with Gasteiger partial charge in [0.1, 0.15) is 5.82 Å². The second-order valence-corrected chi connectivity index (χ2v) is 4.90. The maximum absolute atomic E-state index is 12.9.